The van der Waals surface area contributed by atoms with E-state index in [4.69, 9.17) is 9.47 Å². The molecule has 0 aliphatic rings. The molecule has 2 aromatic rings. The second-order valence-electron chi connectivity index (χ2n) is 3.71. The van der Waals surface area contributed by atoms with Gasteiger partial charge in [0.15, 0.2) is 11.6 Å². The molecule has 0 amide bonds. The van der Waals surface area contributed by atoms with Crippen LogP contribution in [-0.4, -0.2) is 7.11 Å². The number of halogens is 2. The van der Waals surface area contributed by atoms with Gasteiger partial charge in [0.25, 0.3) is 0 Å². The van der Waals surface area contributed by atoms with Crippen LogP contribution in [0.15, 0.2) is 46.9 Å². The van der Waals surface area contributed by atoms with Crippen LogP contribution in [0.2, 0.25) is 0 Å². The van der Waals surface area contributed by atoms with Crippen LogP contribution in [0, 0.1) is 5.82 Å². The first-order valence-electron chi connectivity index (χ1n) is 5.40. The van der Waals surface area contributed by atoms with E-state index in [2.05, 4.69) is 15.9 Å². The molecule has 2 aromatic carbocycles. The summed E-state index contributed by atoms with van der Waals surface area (Å²) >= 11 is 3.28. The van der Waals surface area contributed by atoms with Crippen LogP contribution in [0.25, 0.3) is 0 Å². The molecule has 0 saturated carbocycles. The van der Waals surface area contributed by atoms with Gasteiger partial charge in [-0.1, -0.05) is 28.1 Å². The maximum absolute atomic E-state index is 13.4. The maximum atomic E-state index is 13.4. The van der Waals surface area contributed by atoms with E-state index in [0.29, 0.717) is 6.61 Å². The highest BCUT2D eigenvalue weighted by atomic mass is 79.9. The Bertz CT molecular complexity index is 543. The minimum absolute atomic E-state index is 0.229. The Morgan fingerprint density at radius 3 is 2.78 bits per heavy atom. The van der Waals surface area contributed by atoms with Gasteiger partial charge in [-0.3, -0.25) is 0 Å². The van der Waals surface area contributed by atoms with Crippen LogP contribution in [0.5, 0.6) is 11.5 Å². The quantitative estimate of drug-likeness (QED) is 0.843. The lowest BCUT2D eigenvalue weighted by Crippen LogP contribution is -1.97. The van der Waals surface area contributed by atoms with Gasteiger partial charge in [-0.25, -0.2) is 4.39 Å². The van der Waals surface area contributed by atoms with Gasteiger partial charge < -0.3 is 9.47 Å². The van der Waals surface area contributed by atoms with E-state index < -0.39 is 0 Å². The Morgan fingerprint density at radius 1 is 1.17 bits per heavy atom. The zero-order chi connectivity index (χ0) is 13.0. The number of benzene rings is 2. The zero-order valence-electron chi connectivity index (χ0n) is 9.82. The van der Waals surface area contributed by atoms with E-state index in [1.807, 2.05) is 24.3 Å². The summed E-state index contributed by atoms with van der Waals surface area (Å²) in [6.07, 6.45) is 0. The topological polar surface area (TPSA) is 18.5 Å². The molecule has 4 heteroatoms. The third-order valence-electron chi connectivity index (χ3n) is 2.42. The van der Waals surface area contributed by atoms with E-state index in [1.165, 1.54) is 6.07 Å². The van der Waals surface area contributed by atoms with Gasteiger partial charge in [-0.2, -0.15) is 0 Å². The van der Waals surface area contributed by atoms with Gasteiger partial charge in [0.1, 0.15) is 12.4 Å². The van der Waals surface area contributed by atoms with Gasteiger partial charge in [0.05, 0.1) is 7.11 Å². The van der Waals surface area contributed by atoms with Gasteiger partial charge in [-0.05, 0) is 35.9 Å². The molecule has 0 fully saturated rings. The molecule has 0 aromatic heterocycles. The highest BCUT2D eigenvalue weighted by Gasteiger charge is 2.04. The SMILES string of the molecule is COc1cccc(COc2cc(Br)ccc2F)c1. The maximum Gasteiger partial charge on any atom is 0.165 e. The second-order valence-corrected chi connectivity index (χ2v) is 4.63. The molecule has 2 nitrogen and oxygen atoms in total. The summed E-state index contributed by atoms with van der Waals surface area (Å²) in [4.78, 5) is 0. The number of ether oxygens (including phenoxy) is 2. The van der Waals surface area contributed by atoms with Gasteiger partial charge in [0.2, 0.25) is 0 Å². The summed E-state index contributed by atoms with van der Waals surface area (Å²) in [5, 5.41) is 0. The average molecular weight is 311 g/mol. The molecule has 18 heavy (non-hydrogen) atoms. The first kappa shape index (κ1) is 12.9. The van der Waals surface area contributed by atoms with Crippen molar-refractivity contribution in [1.29, 1.82) is 0 Å². The fourth-order valence-corrected chi connectivity index (χ4v) is 1.85. The molecule has 0 saturated heterocycles. The predicted octanol–water partition coefficient (Wildman–Crippen LogP) is 4.18. The summed E-state index contributed by atoms with van der Waals surface area (Å²) in [6, 6.07) is 12.1. The summed E-state index contributed by atoms with van der Waals surface area (Å²) in [7, 11) is 1.61. The molecule has 2 rings (SSSR count). The normalized spacial score (nSPS) is 10.2. The van der Waals surface area contributed by atoms with Crippen LogP contribution < -0.4 is 9.47 Å². The minimum atomic E-state index is -0.374. The fourth-order valence-electron chi connectivity index (χ4n) is 1.51. The molecular weight excluding hydrogens is 299 g/mol. The summed E-state index contributed by atoms with van der Waals surface area (Å²) in [5.41, 5.74) is 0.925. The highest BCUT2D eigenvalue weighted by molar-refractivity contribution is 9.10. The molecule has 0 unspecified atom stereocenters. The van der Waals surface area contributed by atoms with Crippen molar-refractivity contribution in [3.8, 4) is 11.5 Å². The second kappa shape index (κ2) is 5.87. The molecule has 0 heterocycles. The van der Waals surface area contributed by atoms with Crippen molar-refractivity contribution in [2.75, 3.05) is 7.11 Å². The van der Waals surface area contributed by atoms with Crippen molar-refractivity contribution in [3.05, 3.63) is 58.3 Å². The largest absolute Gasteiger partial charge is 0.497 e. The van der Waals surface area contributed by atoms with Crippen molar-refractivity contribution >= 4 is 15.9 Å². The molecule has 0 bridgehead atoms. The van der Waals surface area contributed by atoms with E-state index in [9.17, 15) is 4.39 Å². The molecule has 0 N–H and O–H groups in total. The fraction of sp³-hybridized carbons (Fsp3) is 0.143. The Balaban J connectivity index is 2.08. The van der Waals surface area contributed by atoms with Crippen molar-refractivity contribution < 1.29 is 13.9 Å². The van der Waals surface area contributed by atoms with Crippen LogP contribution in [0.3, 0.4) is 0 Å². The minimum Gasteiger partial charge on any atom is -0.497 e. The van der Waals surface area contributed by atoms with Crippen molar-refractivity contribution in [2.24, 2.45) is 0 Å². The first-order valence-corrected chi connectivity index (χ1v) is 6.19. The Kier molecular flexibility index (Phi) is 4.20. The smallest absolute Gasteiger partial charge is 0.165 e. The summed E-state index contributed by atoms with van der Waals surface area (Å²) in [5.74, 6) is 0.610. The third-order valence-corrected chi connectivity index (χ3v) is 2.91. The molecule has 94 valence electrons. The average Bonchev–Trinajstić information content (AvgIpc) is 2.40. The number of hydrogen-bond donors (Lipinski definition) is 0. The predicted molar refractivity (Wildman–Crippen MR) is 71.4 cm³/mol. The molecule has 0 spiro atoms. The Hall–Kier alpha value is -1.55. The zero-order valence-corrected chi connectivity index (χ0v) is 11.4. The number of methoxy groups -OCH3 is 1. The monoisotopic (exact) mass is 310 g/mol. The van der Waals surface area contributed by atoms with Gasteiger partial charge in [-0.15, -0.1) is 0 Å². The van der Waals surface area contributed by atoms with E-state index in [-0.39, 0.29) is 11.6 Å². The number of hydrogen-bond acceptors (Lipinski definition) is 2. The Morgan fingerprint density at radius 2 is 2.00 bits per heavy atom. The molecule has 0 aliphatic heterocycles. The standard InChI is InChI=1S/C14H12BrFO2/c1-17-12-4-2-3-10(7-12)9-18-14-8-11(15)5-6-13(14)16/h2-8H,9H2,1H3. The molecule has 0 aliphatic carbocycles. The van der Waals surface area contributed by atoms with Crippen LogP contribution in [0.1, 0.15) is 5.56 Å². The highest BCUT2D eigenvalue weighted by Crippen LogP contribution is 2.23. The summed E-state index contributed by atoms with van der Waals surface area (Å²) < 4.78 is 24.8. The number of rotatable bonds is 4. The Labute approximate surface area is 113 Å². The van der Waals surface area contributed by atoms with Gasteiger partial charge >= 0.3 is 0 Å². The van der Waals surface area contributed by atoms with Gasteiger partial charge in [0, 0.05) is 4.47 Å². The van der Waals surface area contributed by atoms with Crippen molar-refractivity contribution in [1.82, 2.24) is 0 Å². The summed E-state index contributed by atoms with van der Waals surface area (Å²) in [6.45, 7) is 0.296. The lowest BCUT2D eigenvalue weighted by Gasteiger charge is -2.08. The lowest BCUT2D eigenvalue weighted by molar-refractivity contribution is 0.289. The molecule has 0 atom stereocenters. The van der Waals surface area contributed by atoms with Crippen LogP contribution in [-0.2, 0) is 6.61 Å². The van der Waals surface area contributed by atoms with Crippen molar-refractivity contribution in [3.63, 3.8) is 0 Å². The van der Waals surface area contributed by atoms with E-state index >= 15 is 0 Å². The third kappa shape index (κ3) is 3.23. The van der Waals surface area contributed by atoms with Crippen LogP contribution in [0.4, 0.5) is 4.39 Å². The molecular formula is C14H12BrFO2. The first-order chi connectivity index (χ1) is 8.69. The molecule has 0 radical (unpaired) electrons. The van der Waals surface area contributed by atoms with E-state index in [1.54, 1.807) is 19.2 Å². The van der Waals surface area contributed by atoms with Crippen LogP contribution >= 0.6 is 15.9 Å². The van der Waals surface area contributed by atoms with Crippen molar-refractivity contribution in [2.45, 2.75) is 6.61 Å². The van der Waals surface area contributed by atoms with E-state index in [0.717, 1.165) is 15.8 Å². The lowest BCUT2D eigenvalue weighted by atomic mass is 10.2.